The molecule has 0 aliphatic carbocycles. The molecule has 1 rings (SSSR count). The van der Waals surface area contributed by atoms with Crippen LogP contribution in [0.3, 0.4) is 0 Å². The van der Waals surface area contributed by atoms with Crippen LogP contribution in [-0.4, -0.2) is 80.4 Å². The van der Waals surface area contributed by atoms with Crippen molar-refractivity contribution in [2.75, 3.05) is 41.5 Å². The van der Waals surface area contributed by atoms with E-state index >= 15 is 0 Å². The van der Waals surface area contributed by atoms with Gasteiger partial charge in [-0.15, -0.1) is 0 Å². The molecule has 0 saturated carbocycles. The Bertz CT molecular complexity index is 352. The fourth-order valence-corrected chi connectivity index (χ4v) is 2.38. The summed E-state index contributed by atoms with van der Waals surface area (Å²) in [5, 5.41) is 0. The quantitative estimate of drug-likeness (QED) is 0.622. The minimum atomic E-state index is -0.449. The van der Waals surface area contributed by atoms with Crippen molar-refractivity contribution < 1.29 is 23.8 Å². The zero-order chi connectivity index (χ0) is 15.3. The lowest BCUT2D eigenvalue weighted by Crippen LogP contribution is -2.53. The summed E-state index contributed by atoms with van der Waals surface area (Å²) in [4.78, 5) is 28.7. The third-order valence-corrected chi connectivity index (χ3v) is 3.26. The minimum absolute atomic E-state index is 0.0988. The average molecular weight is 289 g/mol. The maximum absolute atomic E-state index is 12.4. The summed E-state index contributed by atoms with van der Waals surface area (Å²) in [6.07, 6.45) is -0.449. The van der Waals surface area contributed by atoms with Crippen LogP contribution < -0.4 is 0 Å². The van der Waals surface area contributed by atoms with Gasteiger partial charge in [0.25, 0.3) is 0 Å². The highest BCUT2D eigenvalue weighted by Crippen LogP contribution is 2.25. The Labute approximate surface area is 119 Å². The number of carbonyl (C=O) groups is 2. The molecular weight excluding hydrogens is 266 g/mol. The van der Waals surface area contributed by atoms with E-state index in [-0.39, 0.29) is 38.2 Å². The molecule has 3 amide bonds. The van der Waals surface area contributed by atoms with Gasteiger partial charge in [-0.2, -0.15) is 0 Å². The molecule has 0 spiro atoms. The normalized spacial score (nSPS) is 22.6. The second kappa shape index (κ2) is 7.41. The third-order valence-electron chi connectivity index (χ3n) is 3.26. The van der Waals surface area contributed by atoms with Crippen LogP contribution >= 0.6 is 0 Å². The summed E-state index contributed by atoms with van der Waals surface area (Å²) < 4.78 is 15.2. The Kier molecular flexibility index (Phi) is 6.18. The topological polar surface area (TPSA) is 71.6 Å². The first kappa shape index (κ1) is 16.7. The SMILES string of the molecule is COCN1C(=O)N(COC)C(N(COC)C(C)=O)C1C. The number of ether oxygens (including phenoxy) is 3. The van der Waals surface area contributed by atoms with E-state index < -0.39 is 6.17 Å². The van der Waals surface area contributed by atoms with E-state index in [0.717, 1.165) is 0 Å². The molecule has 1 aliphatic rings. The Morgan fingerprint density at radius 3 is 2.15 bits per heavy atom. The highest BCUT2D eigenvalue weighted by Gasteiger charge is 2.47. The standard InChI is InChI=1S/C12H23N3O5/c1-9-11(14(7-19-4)10(2)16)15(8-20-5)12(17)13(9)6-18-3/h9,11H,6-8H2,1-5H3. The number of rotatable bonds is 7. The van der Waals surface area contributed by atoms with Gasteiger partial charge < -0.3 is 14.2 Å². The Hall–Kier alpha value is -1.38. The lowest BCUT2D eigenvalue weighted by molar-refractivity contribution is -0.143. The smallest absolute Gasteiger partial charge is 0.325 e. The summed E-state index contributed by atoms with van der Waals surface area (Å²) in [7, 11) is 4.53. The van der Waals surface area contributed by atoms with Crippen LogP contribution in [0.15, 0.2) is 0 Å². The average Bonchev–Trinajstić information content (AvgIpc) is 2.62. The molecule has 0 bridgehead atoms. The van der Waals surface area contributed by atoms with Crippen LogP contribution in [0.2, 0.25) is 0 Å². The van der Waals surface area contributed by atoms with Crippen LogP contribution in [-0.2, 0) is 19.0 Å². The van der Waals surface area contributed by atoms with Gasteiger partial charge in [-0.05, 0) is 6.92 Å². The van der Waals surface area contributed by atoms with Gasteiger partial charge in [-0.3, -0.25) is 19.5 Å². The molecule has 20 heavy (non-hydrogen) atoms. The highest BCUT2D eigenvalue weighted by molar-refractivity contribution is 5.80. The van der Waals surface area contributed by atoms with Crippen molar-refractivity contribution >= 4 is 11.9 Å². The molecule has 0 aromatic carbocycles. The van der Waals surface area contributed by atoms with E-state index in [2.05, 4.69) is 0 Å². The summed E-state index contributed by atoms with van der Waals surface area (Å²) in [5.74, 6) is -0.170. The number of hydrogen-bond donors (Lipinski definition) is 0. The Morgan fingerprint density at radius 2 is 1.70 bits per heavy atom. The maximum Gasteiger partial charge on any atom is 0.325 e. The van der Waals surface area contributed by atoms with Crippen molar-refractivity contribution in [3.8, 4) is 0 Å². The van der Waals surface area contributed by atoms with Gasteiger partial charge in [0, 0.05) is 28.3 Å². The van der Waals surface area contributed by atoms with Gasteiger partial charge in [0.05, 0.1) is 6.04 Å². The Morgan fingerprint density at radius 1 is 1.15 bits per heavy atom. The van der Waals surface area contributed by atoms with Crippen molar-refractivity contribution in [3.05, 3.63) is 0 Å². The first-order valence-corrected chi connectivity index (χ1v) is 6.30. The van der Waals surface area contributed by atoms with Crippen LogP contribution in [0, 0.1) is 0 Å². The molecule has 1 saturated heterocycles. The van der Waals surface area contributed by atoms with Gasteiger partial charge in [-0.25, -0.2) is 4.79 Å². The summed E-state index contributed by atoms with van der Waals surface area (Å²) in [6.45, 7) is 3.68. The number of methoxy groups -OCH3 is 3. The van der Waals surface area contributed by atoms with E-state index in [1.165, 1.54) is 38.1 Å². The maximum atomic E-state index is 12.4. The summed E-state index contributed by atoms with van der Waals surface area (Å²) in [6, 6.07) is -0.454. The van der Waals surface area contributed by atoms with Gasteiger partial charge in [0.15, 0.2) is 0 Å². The molecule has 1 heterocycles. The van der Waals surface area contributed by atoms with Crippen molar-refractivity contribution in [1.82, 2.24) is 14.7 Å². The number of nitrogens with zero attached hydrogens (tertiary/aromatic N) is 3. The van der Waals surface area contributed by atoms with Crippen LogP contribution in [0.4, 0.5) is 4.79 Å². The lowest BCUT2D eigenvalue weighted by Gasteiger charge is -2.34. The van der Waals surface area contributed by atoms with E-state index in [9.17, 15) is 9.59 Å². The number of carbonyl (C=O) groups excluding carboxylic acids is 2. The molecule has 1 fully saturated rings. The van der Waals surface area contributed by atoms with Crippen LogP contribution in [0.1, 0.15) is 13.8 Å². The molecule has 8 heteroatoms. The molecular formula is C12H23N3O5. The predicted octanol–water partition coefficient (Wildman–Crippen LogP) is 0.0988. The minimum Gasteiger partial charge on any atom is -0.364 e. The lowest BCUT2D eigenvalue weighted by atomic mass is 10.2. The second-order valence-corrected chi connectivity index (χ2v) is 4.62. The Balaban J connectivity index is 3.04. The molecule has 1 aliphatic heterocycles. The van der Waals surface area contributed by atoms with Gasteiger partial charge in [0.1, 0.15) is 26.4 Å². The molecule has 2 unspecified atom stereocenters. The molecule has 0 aromatic heterocycles. The van der Waals surface area contributed by atoms with Gasteiger partial charge in [0.2, 0.25) is 5.91 Å². The predicted molar refractivity (Wildman–Crippen MR) is 70.5 cm³/mol. The monoisotopic (exact) mass is 289 g/mol. The van der Waals surface area contributed by atoms with Gasteiger partial charge in [-0.1, -0.05) is 0 Å². The third kappa shape index (κ3) is 3.20. The van der Waals surface area contributed by atoms with Crippen molar-refractivity contribution in [1.29, 1.82) is 0 Å². The molecule has 0 N–H and O–H groups in total. The fourth-order valence-electron chi connectivity index (χ4n) is 2.38. The zero-order valence-electron chi connectivity index (χ0n) is 12.7. The zero-order valence-corrected chi connectivity index (χ0v) is 12.7. The number of hydrogen-bond acceptors (Lipinski definition) is 5. The van der Waals surface area contributed by atoms with Crippen LogP contribution in [0.5, 0.6) is 0 Å². The molecule has 0 aromatic rings. The van der Waals surface area contributed by atoms with Gasteiger partial charge >= 0.3 is 6.03 Å². The van der Waals surface area contributed by atoms with E-state index in [0.29, 0.717) is 0 Å². The molecule has 116 valence electrons. The number of amides is 3. The first-order chi connectivity index (χ1) is 9.49. The second-order valence-electron chi connectivity index (χ2n) is 4.62. The highest BCUT2D eigenvalue weighted by atomic mass is 16.5. The summed E-state index contributed by atoms with van der Waals surface area (Å²) >= 11 is 0. The molecule has 8 nitrogen and oxygen atoms in total. The largest absolute Gasteiger partial charge is 0.364 e. The fraction of sp³-hybridized carbons (Fsp3) is 0.833. The molecule has 0 radical (unpaired) electrons. The first-order valence-electron chi connectivity index (χ1n) is 6.30. The van der Waals surface area contributed by atoms with Crippen molar-refractivity contribution in [2.24, 2.45) is 0 Å². The molecule has 2 atom stereocenters. The summed E-state index contributed by atoms with van der Waals surface area (Å²) in [5.41, 5.74) is 0. The van der Waals surface area contributed by atoms with Crippen molar-refractivity contribution in [2.45, 2.75) is 26.1 Å². The van der Waals surface area contributed by atoms with E-state index in [1.807, 2.05) is 6.92 Å². The van der Waals surface area contributed by atoms with E-state index in [4.69, 9.17) is 14.2 Å². The van der Waals surface area contributed by atoms with Crippen molar-refractivity contribution in [3.63, 3.8) is 0 Å². The number of urea groups is 1. The van der Waals surface area contributed by atoms with Crippen LogP contribution in [0.25, 0.3) is 0 Å². The van der Waals surface area contributed by atoms with E-state index in [1.54, 1.807) is 4.90 Å².